The van der Waals surface area contributed by atoms with Gasteiger partial charge in [-0.3, -0.25) is 10.2 Å². The van der Waals surface area contributed by atoms with Gasteiger partial charge in [0.2, 0.25) is 5.13 Å². The van der Waals surface area contributed by atoms with Crippen molar-refractivity contribution in [1.82, 2.24) is 9.88 Å². The van der Waals surface area contributed by atoms with E-state index in [2.05, 4.69) is 22.4 Å². The number of hydrogen-bond donors (Lipinski definition) is 1. The summed E-state index contributed by atoms with van der Waals surface area (Å²) in [5, 5.41) is 6.90. The molecule has 1 aromatic carbocycles. The zero-order chi connectivity index (χ0) is 18.4. The van der Waals surface area contributed by atoms with E-state index in [0.29, 0.717) is 11.7 Å². The van der Waals surface area contributed by atoms with Crippen molar-refractivity contribution in [3.05, 3.63) is 40.9 Å². The third kappa shape index (κ3) is 5.29. The van der Waals surface area contributed by atoms with Gasteiger partial charge in [0, 0.05) is 18.5 Å². The van der Waals surface area contributed by atoms with Crippen LogP contribution in [0.2, 0.25) is 0 Å². The van der Waals surface area contributed by atoms with Crippen LogP contribution >= 0.6 is 11.3 Å². The Balaban J connectivity index is 1.44. The highest BCUT2D eigenvalue weighted by Crippen LogP contribution is 2.17. The Bertz CT molecular complexity index is 749. The average Bonchev–Trinajstić information content (AvgIpc) is 3.06. The van der Waals surface area contributed by atoms with Crippen molar-refractivity contribution in [2.75, 3.05) is 25.1 Å². The number of likely N-dealkylation sites (tertiary alicyclic amines) is 1. The molecule has 138 valence electrons. The largest absolute Gasteiger partial charge is 0.484 e. The van der Waals surface area contributed by atoms with Gasteiger partial charge in [0.1, 0.15) is 5.75 Å². The lowest BCUT2D eigenvalue weighted by atomic mass is 9.99. The van der Waals surface area contributed by atoms with E-state index in [4.69, 9.17) is 4.74 Å². The van der Waals surface area contributed by atoms with Crippen LogP contribution < -0.4 is 10.2 Å². The lowest BCUT2D eigenvalue weighted by molar-refractivity contribution is -0.134. The minimum Gasteiger partial charge on any atom is -0.484 e. The van der Waals surface area contributed by atoms with Gasteiger partial charge >= 0.3 is 0 Å². The number of hydrazone groups is 1. The number of nitrogens with one attached hydrogen (secondary N) is 1. The minimum atomic E-state index is 0.0606. The van der Waals surface area contributed by atoms with E-state index in [1.165, 1.54) is 11.3 Å². The topological polar surface area (TPSA) is 66.8 Å². The molecule has 0 radical (unpaired) electrons. The molecule has 7 heteroatoms. The number of piperidine rings is 1. The quantitative estimate of drug-likeness (QED) is 0.622. The number of hydrogen-bond acceptors (Lipinski definition) is 6. The summed E-state index contributed by atoms with van der Waals surface area (Å²) in [4.78, 5) is 18.4. The molecule has 3 rings (SSSR count). The van der Waals surface area contributed by atoms with Crippen molar-refractivity contribution in [3.8, 4) is 5.75 Å². The van der Waals surface area contributed by atoms with Gasteiger partial charge in [0.05, 0.1) is 11.9 Å². The van der Waals surface area contributed by atoms with E-state index in [9.17, 15) is 4.79 Å². The Kier molecular flexibility index (Phi) is 6.22. The fourth-order valence-electron chi connectivity index (χ4n) is 2.71. The Morgan fingerprint density at radius 3 is 2.77 bits per heavy atom. The van der Waals surface area contributed by atoms with Gasteiger partial charge in [-0.1, -0.05) is 6.92 Å². The van der Waals surface area contributed by atoms with Crippen LogP contribution in [-0.4, -0.2) is 41.7 Å². The molecule has 1 N–H and O–H groups in total. The maximum absolute atomic E-state index is 12.2. The highest BCUT2D eigenvalue weighted by Gasteiger charge is 2.20. The third-order valence-corrected chi connectivity index (χ3v) is 5.24. The number of carbonyl (C=O) groups is 1. The molecule has 2 aromatic rings. The molecule has 1 aliphatic rings. The van der Waals surface area contributed by atoms with Gasteiger partial charge in [0.25, 0.3) is 5.91 Å². The number of ether oxygens (including phenoxy) is 1. The van der Waals surface area contributed by atoms with Crippen LogP contribution in [0.15, 0.2) is 34.7 Å². The lowest BCUT2D eigenvalue weighted by Gasteiger charge is -2.30. The van der Waals surface area contributed by atoms with Gasteiger partial charge in [-0.05, 0) is 55.5 Å². The maximum atomic E-state index is 12.2. The number of thiazole rings is 1. The number of nitrogens with zero attached hydrogens (tertiary/aromatic N) is 3. The van der Waals surface area contributed by atoms with Crippen molar-refractivity contribution >= 4 is 28.6 Å². The standard InChI is InChI=1S/C19H24N4O2S/c1-14-7-9-23(10-8-14)18(24)12-25-17-5-3-16(4-6-17)11-20-22-19-21-15(2)13-26-19/h3-6,11,13-14H,7-10,12H2,1-2H3,(H,21,22). The van der Waals surface area contributed by atoms with Crippen molar-refractivity contribution in [3.63, 3.8) is 0 Å². The first kappa shape index (κ1) is 18.4. The molecule has 0 spiro atoms. The average molecular weight is 372 g/mol. The molecule has 6 nitrogen and oxygen atoms in total. The highest BCUT2D eigenvalue weighted by molar-refractivity contribution is 7.13. The van der Waals surface area contributed by atoms with E-state index in [0.717, 1.165) is 42.3 Å². The van der Waals surface area contributed by atoms with Gasteiger partial charge in [-0.15, -0.1) is 11.3 Å². The molecule has 1 aromatic heterocycles. The molecule has 0 aliphatic carbocycles. The molecule has 1 saturated heterocycles. The van der Waals surface area contributed by atoms with E-state index in [1.807, 2.05) is 41.5 Å². The lowest BCUT2D eigenvalue weighted by Crippen LogP contribution is -2.40. The van der Waals surface area contributed by atoms with Crippen LogP contribution in [0, 0.1) is 12.8 Å². The molecule has 0 unspecified atom stereocenters. The molecular formula is C19H24N4O2S. The smallest absolute Gasteiger partial charge is 0.260 e. The number of amides is 1. The van der Waals surface area contributed by atoms with Gasteiger partial charge in [-0.25, -0.2) is 4.98 Å². The Labute approximate surface area is 157 Å². The molecule has 1 amide bonds. The zero-order valence-corrected chi connectivity index (χ0v) is 16.0. The summed E-state index contributed by atoms with van der Waals surface area (Å²) < 4.78 is 5.62. The summed E-state index contributed by atoms with van der Waals surface area (Å²) in [6, 6.07) is 7.50. The van der Waals surface area contributed by atoms with E-state index in [1.54, 1.807) is 6.21 Å². The fourth-order valence-corrected chi connectivity index (χ4v) is 3.35. The minimum absolute atomic E-state index is 0.0606. The Morgan fingerprint density at radius 1 is 1.38 bits per heavy atom. The van der Waals surface area contributed by atoms with Crippen LogP contribution in [0.4, 0.5) is 5.13 Å². The SMILES string of the molecule is Cc1csc(NN=Cc2ccc(OCC(=O)N3CCC(C)CC3)cc2)n1. The summed E-state index contributed by atoms with van der Waals surface area (Å²) in [7, 11) is 0. The van der Waals surface area contributed by atoms with E-state index in [-0.39, 0.29) is 12.5 Å². The van der Waals surface area contributed by atoms with Crippen molar-refractivity contribution in [1.29, 1.82) is 0 Å². The molecular weight excluding hydrogens is 348 g/mol. The predicted molar refractivity (Wildman–Crippen MR) is 105 cm³/mol. The number of aromatic nitrogens is 1. The van der Waals surface area contributed by atoms with E-state index >= 15 is 0 Å². The predicted octanol–water partition coefficient (Wildman–Crippen LogP) is 3.53. The molecule has 0 atom stereocenters. The normalized spacial score (nSPS) is 15.4. The molecule has 0 bridgehead atoms. The van der Waals surface area contributed by atoms with Crippen molar-refractivity contribution in [2.24, 2.45) is 11.0 Å². The van der Waals surface area contributed by atoms with E-state index < -0.39 is 0 Å². The second kappa shape index (κ2) is 8.80. The van der Waals surface area contributed by atoms with Crippen LogP contribution in [0.1, 0.15) is 31.0 Å². The van der Waals surface area contributed by atoms with Gasteiger partial charge in [-0.2, -0.15) is 5.10 Å². The fraction of sp³-hybridized carbons (Fsp3) is 0.421. The molecule has 2 heterocycles. The first-order chi connectivity index (χ1) is 12.6. The van der Waals surface area contributed by atoms with Crippen molar-refractivity contribution in [2.45, 2.75) is 26.7 Å². The summed E-state index contributed by atoms with van der Waals surface area (Å²) in [6.07, 6.45) is 3.88. The number of benzene rings is 1. The number of rotatable bonds is 6. The molecule has 26 heavy (non-hydrogen) atoms. The third-order valence-electron chi connectivity index (χ3n) is 4.37. The number of carbonyl (C=O) groups excluding carboxylic acids is 1. The first-order valence-electron chi connectivity index (χ1n) is 8.82. The van der Waals surface area contributed by atoms with Gasteiger partial charge in [0.15, 0.2) is 6.61 Å². The molecule has 0 saturated carbocycles. The zero-order valence-electron chi connectivity index (χ0n) is 15.1. The number of anilines is 1. The summed E-state index contributed by atoms with van der Waals surface area (Å²) >= 11 is 1.52. The van der Waals surface area contributed by atoms with Crippen molar-refractivity contribution < 1.29 is 9.53 Å². The second-order valence-electron chi connectivity index (χ2n) is 6.59. The van der Waals surface area contributed by atoms with Crippen LogP contribution in [0.5, 0.6) is 5.75 Å². The highest BCUT2D eigenvalue weighted by atomic mass is 32.1. The Morgan fingerprint density at radius 2 is 2.12 bits per heavy atom. The summed E-state index contributed by atoms with van der Waals surface area (Å²) in [5.41, 5.74) is 4.82. The van der Waals surface area contributed by atoms with Gasteiger partial charge < -0.3 is 9.64 Å². The Hall–Kier alpha value is -2.41. The summed E-state index contributed by atoms with van der Waals surface area (Å²) in [5.74, 6) is 1.46. The van der Waals surface area contributed by atoms with Crippen LogP contribution in [0.25, 0.3) is 0 Å². The monoisotopic (exact) mass is 372 g/mol. The maximum Gasteiger partial charge on any atom is 0.260 e. The van der Waals surface area contributed by atoms with Crippen LogP contribution in [-0.2, 0) is 4.79 Å². The summed E-state index contributed by atoms with van der Waals surface area (Å²) in [6.45, 7) is 5.94. The van der Waals surface area contributed by atoms with Crippen LogP contribution in [0.3, 0.4) is 0 Å². The second-order valence-corrected chi connectivity index (χ2v) is 7.44. The molecule has 1 fully saturated rings. The molecule has 1 aliphatic heterocycles. The first-order valence-corrected chi connectivity index (χ1v) is 9.70. The number of aryl methyl sites for hydroxylation is 1.